The third-order valence-corrected chi connectivity index (χ3v) is 3.30. The molecule has 2 aromatic rings. The molecule has 0 saturated carbocycles. The number of hydrogen-bond acceptors (Lipinski definition) is 3. The third-order valence-electron chi connectivity index (χ3n) is 2.59. The van der Waals surface area contributed by atoms with Gasteiger partial charge in [-0.2, -0.15) is 13.2 Å². The lowest BCUT2D eigenvalue weighted by atomic mass is 10.2. The molecule has 7 heteroatoms. The van der Waals surface area contributed by atoms with Crippen molar-refractivity contribution in [3.8, 4) is 0 Å². The molecule has 0 unspecified atom stereocenters. The van der Waals surface area contributed by atoms with Crippen LogP contribution in [-0.2, 0) is 6.54 Å². The first kappa shape index (κ1) is 13.1. The molecule has 1 aromatic carbocycles. The van der Waals surface area contributed by atoms with Gasteiger partial charge in [0.2, 0.25) is 5.95 Å². The van der Waals surface area contributed by atoms with Crippen molar-refractivity contribution in [3.05, 3.63) is 23.8 Å². The monoisotopic (exact) mass is 275 g/mol. The highest BCUT2D eigenvalue weighted by Gasteiger charge is 2.27. The van der Waals surface area contributed by atoms with Gasteiger partial charge in [-0.3, -0.25) is 0 Å². The molecule has 0 radical (unpaired) electrons. The molecule has 18 heavy (non-hydrogen) atoms. The van der Waals surface area contributed by atoms with Gasteiger partial charge in [-0.05, 0) is 30.3 Å². The third kappa shape index (κ3) is 2.72. The summed E-state index contributed by atoms with van der Waals surface area (Å²) in [4.78, 5) is 4.18. The molecule has 2 rings (SSSR count). The lowest BCUT2D eigenvalue weighted by Gasteiger charge is -2.08. The number of halogens is 3. The average Bonchev–Trinajstić information content (AvgIpc) is 2.56. The molecule has 0 aliphatic carbocycles. The lowest BCUT2D eigenvalue weighted by molar-refractivity contribution is -0.0328. The zero-order valence-corrected chi connectivity index (χ0v) is 10.5. The van der Waals surface area contributed by atoms with Gasteiger partial charge in [-0.15, -0.1) is 0 Å². The van der Waals surface area contributed by atoms with Crippen LogP contribution in [0.5, 0.6) is 0 Å². The number of para-hydroxylation sites is 1. The molecule has 0 aliphatic rings. The number of aryl methyl sites for hydroxylation is 2. The second-order valence-electron chi connectivity index (χ2n) is 3.86. The maximum atomic E-state index is 12.1. The van der Waals surface area contributed by atoms with Gasteiger partial charge in [-0.25, -0.2) is 4.98 Å². The summed E-state index contributed by atoms with van der Waals surface area (Å²) in [6, 6.07) is 5.54. The Bertz CT molecular complexity index is 562. The zero-order chi connectivity index (χ0) is 13.3. The van der Waals surface area contributed by atoms with E-state index in [9.17, 15) is 13.2 Å². The van der Waals surface area contributed by atoms with Crippen LogP contribution in [-0.4, -0.2) is 20.8 Å². The standard InChI is InChI=1S/C11H12F3N3S/c1-7-3-2-4-8-9(7)16-10(15)17(8)5-6-18-11(12,13)14/h2-4H,5-6H2,1H3,(H2,15,16). The Morgan fingerprint density at radius 3 is 2.78 bits per heavy atom. The number of nitrogen functional groups attached to an aromatic ring is 1. The van der Waals surface area contributed by atoms with Crippen LogP contribution in [0.1, 0.15) is 5.56 Å². The molecule has 0 saturated heterocycles. The summed E-state index contributed by atoms with van der Waals surface area (Å²) in [5.74, 6) is 0.176. The van der Waals surface area contributed by atoms with Crippen molar-refractivity contribution in [1.82, 2.24) is 9.55 Å². The fourth-order valence-electron chi connectivity index (χ4n) is 1.79. The SMILES string of the molecule is Cc1cccc2c1nc(N)n2CCSC(F)(F)F. The minimum atomic E-state index is -4.21. The molecule has 0 atom stereocenters. The molecule has 2 N–H and O–H groups in total. The molecular formula is C11H12F3N3S. The normalized spacial score (nSPS) is 12.2. The number of imidazole rings is 1. The predicted octanol–water partition coefficient (Wildman–Crippen LogP) is 3.18. The number of hydrogen-bond donors (Lipinski definition) is 1. The van der Waals surface area contributed by atoms with Crippen molar-refractivity contribution in [2.24, 2.45) is 0 Å². The number of thioether (sulfide) groups is 1. The molecule has 0 aliphatic heterocycles. The van der Waals surface area contributed by atoms with E-state index in [-0.39, 0.29) is 30.0 Å². The summed E-state index contributed by atoms with van der Waals surface area (Å²) in [7, 11) is 0. The van der Waals surface area contributed by atoms with Crippen molar-refractivity contribution >= 4 is 28.7 Å². The summed E-state index contributed by atoms with van der Waals surface area (Å²) in [5.41, 5.74) is 4.00. The van der Waals surface area contributed by atoms with Gasteiger partial charge in [-0.1, -0.05) is 12.1 Å². The molecule has 98 valence electrons. The maximum Gasteiger partial charge on any atom is 0.441 e. The summed E-state index contributed by atoms with van der Waals surface area (Å²) >= 11 is -0.0509. The van der Waals surface area contributed by atoms with Crippen LogP contribution in [0, 0.1) is 6.92 Å². The summed E-state index contributed by atoms with van der Waals surface area (Å²) in [5, 5.41) is 0. The average molecular weight is 275 g/mol. The van der Waals surface area contributed by atoms with Crippen LogP contribution in [0.2, 0.25) is 0 Å². The van der Waals surface area contributed by atoms with Gasteiger partial charge in [0.25, 0.3) is 0 Å². The molecule has 0 spiro atoms. The van der Waals surface area contributed by atoms with E-state index < -0.39 is 5.51 Å². The fourth-order valence-corrected chi connectivity index (χ4v) is 2.30. The van der Waals surface area contributed by atoms with E-state index in [4.69, 9.17) is 5.73 Å². The summed E-state index contributed by atoms with van der Waals surface area (Å²) in [6.07, 6.45) is 0. The van der Waals surface area contributed by atoms with Gasteiger partial charge in [0.15, 0.2) is 0 Å². The van der Waals surface area contributed by atoms with Gasteiger partial charge in [0, 0.05) is 12.3 Å². The molecule has 0 bridgehead atoms. The molecule has 1 aromatic heterocycles. The highest BCUT2D eigenvalue weighted by atomic mass is 32.2. The first-order valence-corrected chi connectivity index (χ1v) is 6.29. The van der Waals surface area contributed by atoms with Crippen LogP contribution < -0.4 is 5.73 Å². The molecule has 3 nitrogen and oxygen atoms in total. The Morgan fingerprint density at radius 1 is 1.39 bits per heavy atom. The van der Waals surface area contributed by atoms with E-state index in [1.165, 1.54) is 0 Å². The van der Waals surface area contributed by atoms with Crippen molar-refractivity contribution in [2.45, 2.75) is 19.0 Å². The Labute approximate surface area is 106 Å². The van der Waals surface area contributed by atoms with E-state index in [0.29, 0.717) is 0 Å². The first-order valence-electron chi connectivity index (χ1n) is 5.30. The number of rotatable bonds is 3. The fraction of sp³-hybridized carbons (Fsp3) is 0.364. The number of aromatic nitrogens is 2. The number of nitrogens with zero attached hydrogens (tertiary/aromatic N) is 2. The predicted molar refractivity (Wildman–Crippen MR) is 67.4 cm³/mol. The van der Waals surface area contributed by atoms with Crippen molar-refractivity contribution in [1.29, 1.82) is 0 Å². The Balaban J connectivity index is 2.23. The Morgan fingerprint density at radius 2 is 2.11 bits per heavy atom. The highest BCUT2D eigenvalue weighted by molar-refractivity contribution is 8.00. The van der Waals surface area contributed by atoms with E-state index in [0.717, 1.165) is 16.6 Å². The van der Waals surface area contributed by atoms with Crippen molar-refractivity contribution < 1.29 is 13.2 Å². The van der Waals surface area contributed by atoms with E-state index in [1.807, 2.05) is 25.1 Å². The minimum Gasteiger partial charge on any atom is -0.369 e. The van der Waals surface area contributed by atoms with Crippen LogP contribution in [0.25, 0.3) is 11.0 Å². The largest absolute Gasteiger partial charge is 0.441 e. The summed E-state index contributed by atoms with van der Waals surface area (Å²) in [6.45, 7) is 2.08. The van der Waals surface area contributed by atoms with Crippen LogP contribution in [0.15, 0.2) is 18.2 Å². The number of fused-ring (bicyclic) bond motifs is 1. The highest BCUT2D eigenvalue weighted by Crippen LogP contribution is 2.30. The van der Waals surface area contributed by atoms with E-state index in [2.05, 4.69) is 4.98 Å². The number of benzene rings is 1. The summed E-state index contributed by atoms with van der Waals surface area (Å²) < 4.78 is 37.8. The topological polar surface area (TPSA) is 43.8 Å². The Kier molecular flexibility index (Phi) is 3.43. The molecule has 1 heterocycles. The van der Waals surface area contributed by atoms with Crippen LogP contribution >= 0.6 is 11.8 Å². The van der Waals surface area contributed by atoms with Crippen molar-refractivity contribution in [3.63, 3.8) is 0 Å². The minimum absolute atomic E-state index is 0.0509. The zero-order valence-electron chi connectivity index (χ0n) is 9.66. The smallest absolute Gasteiger partial charge is 0.369 e. The van der Waals surface area contributed by atoms with Crippen LogP contribution in [0.4, 0.5) is 19.1 Å². The Hall–Kier alpha value is -1.37. The first-order chi connectivity index (χ1) is 8.38. The number of anilines is 1. The van der Waals surface area contributed by atoms with E-state index >= 15 is 0 Å². The van der Waals surface area contributed by atoms with Gasteiger partial charge in [0.1, 0.15) is 0 Å². The van der Waals surface area contributed by atoms with Crippen LogP contribution in [0.3, 0.4) is 0 Å². The number of nitrogens with two attached hydrogens (primary N) is 1. The number of alkyl halides is 3. The van der Waals surface area contributed by atoms with Gasteiger partial charge < -0.3 is 10.3 Å². The molecular weight excluding hydrogens is 263 g/mol. The second-order valence-corrected chi connectivity index (χ2v) is 5.02. The van der Waals surface area contributed by atoms with Crippen molar-refractivity contribution in [2.75, 3.05) is 11.5 Å². The lowest BCUT2D eigenvalue weighted by Crippen LogP contribution is -2.09. The second kappa shape index (κ2) is 4.72. The van der Waals surface area contributed by atoms with Gasteiger partial charge in [0.05, 0.1) is 11.0 Å². The van der Waals surface area contributed by atoms with Gasteiger partial charge >= 0.3 is 5.51 Å². The maximum absolute atomic E-state index is 12.1. The molecule has 0 fully saturated rings. The quantitative estimate of drug-likeness (QED) is 0.935. The van der Waals surface area contributed by atoms with E-state index in [1.54, 1.807) is 4.57 Å². The molecule has 0 amide bonds.